The molecule has 0 fully saturated rings. The second kappa shape index (κ2) is 9.97. The molecule has 4 heteroatoms. The highest BCUT2D eigenvalue weighted by molar-refractivity contribution is 8.16. The van der Waals surface area contributed by atoms with Crippen LogP contribution in [0.1, 0.15) is 38.7 Å². The van der Waals surface area contributed by atoms with E-state index in [4.69, 9.17) is 0 Å². The molecule has 0 saturated heterocycles. The van der Waals surface area contributed by atoms with Crippen molar-refractivity contribution in [3.8, 4) is 11.1 Å². The molecule has 0 spiro atoms. The maximum Gasteiger partial charge on any atom is 0.227 e. The number of aliphatic hydroxyl groups is 1. The summed E-state index contributed by atoms with van der Waals surface area (Å²) in [5.74, 6) is -0.409. The number of ketones is 1. The van der Waals surface area contributed by atoms with E-state index >= 15 is 0 Å². The lowest BCUT2D eigenvalue weighted by atomic mass is 9.97. The number of hydrogen-bond donors (Lipinski definition) is 1. The molecule has 0 aliphatic carbocycles. The summed E-state index contributed by atoms with van der Waals surface area (Å²) in [5.41, 5.74) is 4.40. The number of benzene rings is 2. The van der Waals surface area contributed by atoms with Crippen LogP contribution in [-0.2, 0) is 16.0 Å². The molecule has 1 N–H and O–H groups in total. The van der Waals surface area contributed by atoms with Crippen LogP contribution >= 0.6 is 11.8 Å². The van der Waals surface area contributed by atoms with Gasteiger partial charge in [-0.25, -0.2) is 0 Å². The van der Waals surface area contributed by atoms with Crippen LogP contribution in [0, 0.1) is 0 Å². The van der Waals surface area contributed by atoms with E-state index in [9.17, 15) is 14.7 Å². The van der Waals surface area contributed by atoms with Crippen molar-refractivity contribution in [3.63, 3.8) is 0 Å². The van der Waals surface area contributed by atoms with E-state index < -0.39 is 4.75 Å². The summed E-state index contributed by atoms with van der Waals surface area (Å²) in [5, 5.41) is 10.2. The number of hydrogen-bond acceptors (Lipinski definition) is 4. The minimum atomic E-state index is -0.902. The molecule has 2 aromatic carbocycles. The number of carbonyl (C=O) groups is 2. The van der Waals surface area contributed by atoms with Crippen molar-refractivity contribution in [2.45, 2.75) is 44.3 Å². The highest BCUT2D eigenvalue weighted by atomic mass is 32.2. The summed E-state index contributed by atoms with van der Waals surface area (Å²) in [6.45, 7) is 7.30. The number of aryl methyl sites for hydroxylation is 1. The van der Waals surface area contributed by atoms with Crippen molar-refractivity contribution in [1.29, 1.82) is 0 Å². The molecular formula is C27H28O3S. The fraction of sp³-hybridized carbons (Fsp3) is 0.259. The average molecular weight is 433 g/mol. The first-order valence-electron chi connectivity index (χ1n) is 10.5. The van der Waals surface area contributed by atoms with E-state index in [0.29, 0.717) is 6.42 Å². The number of aliphatic hydroxyl groups excluding tert-OH is 1. The molecule has 1 aliphatic heterocycles. The van der Waals surface area contributed by atoms with Gasteiger partial charge in [0.2, 0.25) is 5.12 Å². The third-order valence-corrected chi connectivity index (χ3v) is 6.62. The number of Topliss-reactive ketones (excluding diaryl/α,β-unsaturated/α-hetero) is 1. The Bertz CT molecular complexity index is 1030. The molecule has 0 unspecified atom stereocenters. The van der Waals surface area contributed by atoms with Crippen molar-refractivity contribution >= 4 is 22.7 Å². The van der Waals surface area contributed by atoms with Crippen LogP contribution < -0.4 is 0 Å². The normalized spacial score (nSPS) is 19.0. The number of allylic oxidation sites excluding steroid dienone is 2. The van der Waals surface area contributed by atoms with Gasteiger partial charge in [-0.2, -0.15) is 0 Å². The van der Waals surface area contributed by atoms with Crippen molar-refractivity contribution in [3.05, 3.63) is 95.8 Å². The van der Waals surface area contributed by atoms with Gasteiger partial charge >= 0.3 is 0 Å². The Morgan fingerprint density at radius 1 is 1.06 bits per heavy atom. The van der Waals surface area contributed by atoms with Gasteiger partial charge in [0, 0.05) is 6.42 Å². The molecule has 0 radical (unpaired) electrons. The van der Waals surface area contributed by atoms with Gasteiger partial charge in [-0.1, -0.05) is 90.7 Å². The van der Waals surface area contributed by atoms with Crippen molar-refractivity contribution in [2.75, 3.05) is 0 Å². The van der Waals surface area contributed by atoms with Gasteiger partial charge in [0.25, 0.3) is 0 Å². The summed E-state index contributed by atoms with van der Waals surface area (Å²) in [6.07, 6.45) is 6.08. The summed E-state index contributed by atoms with van der Waals surface area (Å²) in [6, 6.07) is 18.7. The first-order chi connectivity index (χ1) is 14.8. The van der Waals surface area contributed by atoms with Crippen LogP contribution in [0.2, 0.25) is 0 Å². The number of rotatable bonds is 9. The largest absolute Gasteiger partial charge is 0.510 e. The predicted octanol–water partition coefficient (Wildman–Crippen LogP) is 6.61. The number of unbranched alkanes of at least 4 members (excludes halogenated alkanes) is 1. The van der Waals surface area contributed by atoms with Gasteiger partial charge in [0.1, 0.15) is 11.3 Å². The lowest BCUT2D eigenvalue weighted by molar-refractivity contribution is -0.118. The fourth-order valence-corrected chi connectivity index (χ4v) is 4.85. The molecule has 160 valence electrons. The summed E-state index contributed by atoms with van der Waals surface area (Å²) in [7, 11) is 0. The topological polar surface area (TPSA) is 54.4 Å². The Morgan fingerprint density at radius 2 is 1.71 bits per heavy atom. The SMILES string of the molecule is C=C/C(C)=C/[C@@]1(C)SC(=O)C(C(=O)CCCCc2ccc(-c3ccccc3)cc2)=C1O. The Labute approximate surface area is 188 Å². The van der Waals surface area contributed by atoms with Crippen LogP contribution in [0.15, 0.2) is 90.2 Å². The van der Waals surface area contributed by atoms with Gasteiger partial charge in [-0.05, 0) is 49.8 Å². The van der Waals surface area contributed by atoms with E-state index in [2.05, 4.69) is 43.0 Å². The summed E-state index contributed by atoms with van der Waals surface area (Å²) in [4.78, 5) is 25.0. The monoisotopic (exact) mass is 432 g/mol. The molecule has 0 bridgehead atoms. The van der Waals surface area contributed by atoms with Crippen molar-refractivity contribution in [1.82, 2.24) is 0 Å². The quantitative estimate of drug-likeness (QED) is 0.275. The molecule has 31 heavy (non-hydrogen) atoms. The lowest BCUT2D eigenvalue weighted by Crippen LogP contribution is -2.18. The summed E-state index contributed by atoms with van der Waals surface area (Å²) >= 11 is 0.984. The molecule has 3 nitrogen and oxygen atoms in total. The van der Waals surface area contributed by atoms with Gasteiger partial charge in [0.15, 0.2) is 5.78 Å². The van der Waals surface area contributed by atoms with Crippen LogP contribution in [0.5, 0.6) is 0 Å². The Kier molecular flexibility index (Phi) is 7.34. The molecule has 0 aromatic heterocycles. The zero-order chi connectivity index (χ0) is 22.4. The van der Waals surface area contributed by atoms with E-state index in [1.165, 1.54) is 16.7 Å². The first-order valence-corrected chi connectivity index (χ1v) is 11.3. The van der Waals surface area contributed by atoms with Gasteiger partial charge in [-0.3, -0.25) is 9.59 Å². The number of thioether (sulfide) groups is 1. The van der Waals surface area contributed by atoms with Crippen molar-refractivity contribution < 1.29 is 14.7 Å². The fourth-order valence-electron chi connectivity index (χ4n) is 3.71. The minimum absolute atomic E-state index is 0.0483. The molecule has 0 saturated carbocycles. The Morgan fingerprint density at radius 3 is 2.35 bits per heavy atom. The number of carbonyl (C=O) groups excluding carboxylic acids is 2. The predicted molar refractivity (Wildman–Crippen MR) is 129 cm³/mol. The minimum Gasteiger partial charge on any atom is -0.510 e. The molecule has 0 amide bonds. The summed E-state index contributed by atoms with van der Waals surface area (Å²) < 4.78 is -0.902. The van der Waals surface area contributed by atoms with E-state index in [1.54, 1.807) is 19.1 Å². The second-order valence-electron chi connectivity index (χ2n) is 8.01. The van der Waals surface area contributed by atoms with Gasteiger partial charge in [-0.15, -0.1) is 0 Å². The maximum absolute atomic E-state index is 12.6. The van der Waals surface area contributed by atoms with Crippen LogP contribution in [0.3, 0.4) is 0 Å². The zero-order valence-electron chi connectivity index (χ0n) is 18.1. The molecule has 3 rings (SSSR count). The molecule has 1 aliphatic rings. The Balaban J connectivity index is 1.55. The van der Waals surface area contributed by atoms with E-state index in [0.717, 1.165) is 30.2 Å². The molecular weight excluding hydrogens is 404 g/mol. The second-order valence-corrected chi connectivity index (χ2v) is 9.43. The van der Waals surface area contributed by atoms with E-state index in [-0.39, 0.29) is 28.7 Å². The van der Waals surface area contributed by atoms with Crippen LogP contribution in [-0.4, -0.2) is 20.8 Å². The Hall–Kier alpha value is -2.85. The molecule has 2 aromatic rings. The van der Waals surface area contributed by atoms with Crippen molar-refractivity contribution in [2.24, 2.45) is 0 Å². The average Bonchev–Trinajstić information content (AvgIpc) is 2.99. The smallest absolute Gasteiger partial charge is 0.227 e. The van der Waals surface area contributed by atoms with Crippen LogP contribution in [0.25, 0.3) is 11.1 Å². The van der Waals surface area contributed by atoms with Crippen LogP contribution in [0.4, 0.5) is 0 Å². The molecule has 1 heterocycles. The standard InChI is InChI=1S/C27H28O3S/c1-4-19(2)18-27(3)25(29)24(26(30)31-27)23(28)13-9-8-10-20-14-16-22(17-15-20)21-11-6-5-7-12-21/h4-7,11-12,14-18,29H,1,8-10,13H2,2-3H3/b19-18+/t27-/m1/s1. The zero-order valence-corrected chi connectivity index (χ0v) is 18.9. The van der Waals surface area contributed by atoms with E-state index in [1.807, 2.05) is 25.1 Å². The lowest BCUT2D eigenvalue weighted by Gasteiger charge is -2.18. The third-order valence-electron chi connectivity index (χ3n) is 5.50. The van der Waals surface area contributed by atoms with Gasteiger partial charge < -0.3 is 5.11 Å². The molecule has 1 atom stereocenters. The third kappa shape index (κ3) is 5.45. The van der Waals surface area contributed by atoms with Gasteiger partial charge in [0.05, 0.1) is 4.75 Å². The highest BCUT2D eigenvalue weighted by Crippen LogP contribution is 2.44. The first kappa shape index (κ1) is 22.8. The highest BCUT2D eigenvalue weighted by Gasteiger charge is 2.44. The maximum atomic E-state index is 12.6.